The number of anilines is 1. The third kappa shape index (κ3) is 2.37. The van der Waals surface area contributed by atoms with Crippen LogP contribution in [-0.2, 0) is 4.79 Å². The van der Waals surface area contributed by atoms with Crippen molar-refractivity contribution in [3.05, 3.63) is 30.4 Å². The molecule has 0 saturated heterocycles. The minimum Gasteiger partial charge on any atom is -0.320 e. The predicted octanol–water partition coefficient (Wildman–Crippen LogP) is 1.22. The Balaban J connectivity index is 2.89. The fourth-order valence-electron chi connectivity index (χ4n) is 0.890. The monoisotopic (exact) mass is 177 g/mol. The van der Waals surface area contributed by atoms with Crippen molar-refractivity contribution in [1.29, 1.82) is 0 Å². The van der Waals surface area contributed by atoms with Crippen LogP contribution in [-0.4, -0.2) is 15.9 Å². The standard InChI is InChI=1S/C9H11N3O/c1-4-9(13)12-8-5-10-7(3)11-6(8)2/h4-5H,1H2,2-3H3,(H,12,13). The summed E-state index contributed by atoms with van der Waals surface area (Å²) in [5.41, 5.74) is 1.37. The Morgan fingerprint density at radius 2 is 2.31 bits per heavy atom. The van der Waals surface area contributed by atoms with Gasteiger partial charge in [-0.15, -0.1) is 0 Å². The highest BCUT2D eigenvalue weighted by atomic mass is 16.1. The van der Waals surface area contributed by atoms with Crippen LogP contribution in [0.1, 0.15) is 11.5 Å². The van der Waals surface area contributed by atoms with Gasteiger partial charge in [0.25, 0.3) is 0 Å². The Hall–Kier alpha value is -1.71. The fraction of sp³-hybridized carbons (Fsp3) is 0.222. The molecule has 0 aliphatic heterocycles. The van der Waals surface area contributed by atoms with Gasteiger partial charge in [0.2, 0.25) is 5.91 Å². The van der Waals surface area contributed by atoms with Crippen LogP contribution in [0.15, 0.2) is 18.9 Å². The Bertz CT molecular complexity index is 347. The topological polar surface area (TPSA) is 54.9 Å². The van der Waals surface area contributed by atoms with Gasteiger partial charge < -0.3 is 5.32 Å². The molecule has 1 amide bonds. The molecule has 0 aromatic carbocycles. The van der Waals surface area contributed by atoms with Crippen LogP contribution in [0, 0.1) is 13.8 Å². The summed E-state index contributed by atoms with van der Waals surface area (Å²) in [6.45, 7) is 6.96. The van der Waals surface area contributed by atoms with E-state index in [0.717, 1.165) is 5.69 Å². The van der Waals surface area contributed by atoms with Crippen molar-refractivity contribution >= 4 is 11.6 Å². The number of nitrogens with zero attached hydrogens (tertiary/aromatic N) is 2. The lowest BCUT2D eigenvalue weighted by Gasteiger charge is -2.04. The molecule has 0 aliphatic carbocycles. The van der Waals surface area contributed by atoms with Crippen molar-refractivity contribution in [2.45, 2.75) is 13.8 Å². The van der Waals surface area contributed by atoms with Gasteiger partial charge in [-0.1, -0.05) is 6.58 Å². The number of hydrogen-bond donors (Lipinski definition) is 1. The highest BCUT2D eigenvalue weighted by molar-refractivity contribution is 5.99. The van der Waals surface area contributed by atoms with Crippen LogP contribution in [0.4, 0.5) is 5.69 Å². The van der Waals surface area contributed by atoms with Gasteiger partial charge >= 0.3 is 0 Å². The Morgan fingerprint density at radius 3 is 2.85 bits per heavy atom. The quantitative estimate of drug-likeness (QED) is 0.691. The summed E-state index contributed by atoms with van der Waals surface area (Å²) in [6.07, 6.45) is 2.79. The number of hydrogen-bond acceptors (Lipinski definition) is 3. The molecule has 0 fully saturated rings. The Morgan fingerprint density at radius 1 is 1.62 bits per heavy atom. The van der Waals surface area contributed by atoms with E-state index in [9.17, 15) is 4.79 Å². The molecule has 1 aromatic rings. The normalized spacial score (nSPS) is 9.38. The van der Waals surface area contributed by atoms with Crippen LogP contribution in [0.2, 0.25) is 0 Å². The zero-order valence-electron chi connectivity index (χ0n) is 7.66. The number of aromatic nitrogens is 2. The molecule has 1 rings (SSSR count). The van der Waals surface area contributed by atoms with Crippen molar-refractivity contribution in [2.24, 2.45) is 0 Å². The largest absolute Gasteiger partial charge is 0.320 e. The summed E-state index contributed by atoms with van der Waals surface area (Å²) in [5, 5.41) is 2.61. The molecule has 0 radical (unpaired) electrons. The van der Waals surface area contributed by atoms with Crippen molar-refractivity contribution in [3.8, 4) is 0 Å². The van der Waals surface area contributed by atoms with Crippen molar-refractivity contribution < 1.29 is 4.79 Å². The fourth-order valence-corrected chi connectivity index (χ4v) is 0.890. The van der Waals surface area contributed by atoms with Gasteiger partial charge in [-0.05, 0) is 19.9 Å². The maximum absolute atomic E-state index is 10.9. The molecule has 4 nitrogen and oxygen atoms in total. The second kappa shape index (κ2) is 3.80. The molecular weight excluding hydrogens is 166 g/mol. The lowest BCUT2D eigenvalue weighted by molar-refractivity contribution is -0.111. The van der Waals surface area contributed by atoms with Crippen molar-refractivity contribution in [3.63, 3.8) is 0 Å². The van der Waals surface area contributed by atoms with Crippen LogP contribution in [0.5, 0.6) is 0 Å². The van der Waals surface area contributed by atoms with E-state index in [0.29, 0.717) is 11.5 Å². The van der Waals surface area contributed by atoms with Gasteiger partial charge in [-0.3, -0.25) is 4.79 Å². The molecule has 4 heteroatoms. The SMILES string of the molecule is C=CC(=O)Nc1cnc(C)nc1C. The van der Waals surface area contributed by atoms with E-state index < -0.39 is 0 Å². The number of aryl methyl sites for hydroxylation is 2. The summed E-state index contributed by atoms with van der Waals surface area (Å²) >= 11 is 0. The molecule has 0 unspecified atom stereocenters. The van der Waals surface area contributed by atoms with E-state index in [1.54, 1.807) is 13.1 Å². The number of amides is 1. The second-order valence-electron chi connectivity index (χ2n) is 2.61. The second-order valence-corrected chi connectivity index (χ2v) is 2.61. The molecular formula is C9H11N3O. The zero-order chi connectivity index (χ0) is 9.84. The Kier molecular flexibility index (Phi) is 2.74. The lowest BCUT2D eigenvalue weighted by Crippen LogP contribution is -2.10. The maximum atomic E-state index is 10.9. The summed E-state index contributed by atoms with van der Waals surface area (Å²) in [5.74, 6) is 0.435. The highest BCUT2D eigenvalue weighted by Gasteiger charge is 2.02. The van der Waals surface area contributed by atoms with Gasteiger partial charge in [0.15, 0.2) is 0 Å². The minimum atomic E-state index is -0.254. The van der Waals surface area contributed by atoms with Crippen molar-refractivity contribution in [1.82, 2.24) is 9.97 Å². The van der Waals surface area contributed by atoms with Crippen LogP contribution < -0.4 is 5.32 Å². The number of nitrogens with one attached hydrogen (secondary N) is 1. The first-order chi connectivity index (χ1) is 6.13. The number of carbonyl (C=O) groups is 1. The number of carbonyl (C=O) groups excluding carboxylic acids is 1. The van der Waals surface area contributed by atoms with Gasteiger partial charge in [0, 0.05) is 0 Å². The van der Waals surface area contributed by atoms with Gasteiger partial charge in [-0.25, -0.2) is 9.97 Å². The van der Waals surface area contributed by atoms with Gasteiger partial charge in [0.1, 0.15) is 5.82 Å². The molecule has 13 heavy (non-hydrogen) atoms. The molecule has 0 aliphatic rings. The van der Waals surface area contributed by atoms with E-state index in [-0.39, 0.29) is 5.91 Å². The predicted molar refractivity (Wildman–Crippen MR) is 50.3 cm³/mol. The summed E-state index contributed by atoms with van der Waals surface area (Å²) in [6, 6.07) is 0. The van der Waals surface area contributed by atoms with Crippen LogP contribution in [0.25, 0.3) is 0 Å². The molecule has 68 valence electrons. The average Bonchev–Trinajstić information content (AvgIpc) is 2.09. The molecule has 1 heterocycles. The first-order valence-corrected chi connectivity index (χ1v) is 3.87. The lowest BCUT2D eigenvalue weighted by atomic mass is 10.3. The van der Waals surface area contributed by atoms with E-state index in [1.807, 2.05) is 6.92 Å². The van der Waals surface area contributed by atoms with Gasteiger partial charge in [0.05, 0.1) is 17.6 Å². The van der Waals surface area contributed by atoms with Crippen LogP contribution >= 0.6 is 0 Å². The van der Waals surface area contributed by atoms with E-state index >= 15 is 0 Å². The molecule has 1 aromatic heterocycles. The van der Waals surface area contributed by atoms with E-state index in [2.05, 4.69) is 21.9 Å². The molecule has 0 saturated carbocycles. The average molecular weight is 177 g/mol. The van der Waals surface area contributed by atoms with E-state index in [1.165, 1.54) is 6.08 Å². The van der Waals surface area contributed by atoms with Crippen LogP contribution in [0.3, 0.4) is 0 Å². The molecule has 0 spiro atoms. The third-order valence-corrected chi connectivity index (χ3v) is 1.54. The number of rotatable bonds is 2. The molecule has 1 N–H and O–H groups in total. The Labute approximate surface area is 76.7 Å². The summed E-state index contributed by atoms with van der Waals surface area (Å²) in [4.78, 5) is 19.0. The smallest absolute Gasteiger partial charge is 0.247 e. The molecule has 0 atom stereocenters. The first kappa shape index (κ1) is 9.38. The maximum Gasteiger partial charge on any atom is 0.247 e. The minimum absolute atomic E-state index is 0.254. The summed E-state index contributed by atoms with van der Waals surface area (Å²) in [7, 11) is 0. The first-order valence-electron chi connectivity index (χ1n) is 3.87. The van der Waals surface area contributed by atoms with E-state index in [4.69, 9.17) is 0 Å². The zero-order valence-corrected chi connectivity index (χ0v) is 7.66. The van der Waals surface area contributed by atoms with Gasteiger partial charge in [-0.2, -0.15) is 0 Å². The highest BCUT2D eigenvalue weighted by Crippen LogP contribution is 2.09. The van der Waals surface area contributed by atoms with Crippen molar-refractivity contribution in [2.75, 3.05) is 5.32 Å². The summed E-state index contributed by atoms with van der Waals surface area (Å²) < 4.78 is 0. The third-order valence-electron chi connectivity index (χ3n) is 1.54. The molecule has 0 bridgehead atoms.